The van der Waals surface area contributed by atoms with Gasteiger partial charge in [0.2, 0.25) is 5.91 Å². The Morgan fingerprint density at radius 2 is 2.09 bits per heavy atom. The van der Waals surface area contributed by atoms with Gasteiger partial charge in [-0.1, -0.05) is 22.0 Å². The van der Waals surface area contributed by atoms with Gasteiger partial charge in [-0.05, 0) is 41.1 Å². The van der Waals surface area contributed by atoms with Crippen LogP contribution in [-0.2, 0) is 11.3 Å². The number of carbonyl (C=O) groups excluding carboxylic acids is 1. The number of aromatic nitrogens is 3. The summed E-state index contributed by atoms with van der Waals surface area (Å²) in [4.78, 5) is 16.6. The molecule has 23 heavy (non-hydrogen) atoms. The molecule has 1 N–H and O–H groups in total. The molecule has 118 valence electrons. The first-order chi connectivity index (χ1) is 11.1. The fourth-order valence-corrected chi connectivity index (χ4v) is 3.06. The van der Waals surface area contributed by atoms with Crippen LogP contribution in [0.3, 0.4) is 0 Å². The topological polar surface area (TPSA) is 59.8 Å². The Morgan fingerprint density at radius 1 is 1.26 bits per heavy atom. The fraction of sp³-hybridized carbons (Fsp3) is 0.188. The third kappa shape index (κ3) is 3.45. The maximum absolute atomic E-state index is 12.2. The first-order valence-corrected chi connectivity index (χ1v) is 8.66. The average molecular weight is 438 g/mol. The number of pyridine rings is 1. The van der Waals surface area contributed by atoms with Crippen LogP contribution in [0.15, 0.2) is 45.6 Å². The fourth-order valence-electron chi connectivity index (χ4n) is 2.31. The number of fused-ring (bicyclic) bond motifs is 1. The molecular weight excluding hydrogens is 424 g/mol. The minimum atomic E-state index is -0.0645. The number of aryl methyl sites for hydroxylation is 1. The van der Waals surface area contributed by atoms with Crippen molar-refractivity contribution in [2.24, 2.45) is 0 Å². The second-order valence-electron chi connectivity index (χ2n) is 5.09. The van der Waals surface area contributed by atoms with Crippen molar-refractivity contribution >= 4 is 54.4 Å². The lowest BCUT2D eigenvalue weighted by Gasteiger charge is -2.10. The molecule has 3 aromatic rings. The Kier molecular flexibility index (Phi) is 4.77. The molecule has 1 aromatic carbocycles. The molecule has 0 bridgehead atoms. The predicted octanol–water partition coefficient (Wildman–Crippen LogP) is 4.29. The van der Waals surface area contributed by atoms with E-state index in [1.807, 2.05) is 35.9 Å². The van der Waals surface area contributed by atoms with E-state index >= 15 is 0 Å². The number of hydrogen-bond donors (Lipinski definition) is 1. The van der Waals surface area contributed by atoms with Crippen LogP contribution in [0.25, 0.3) is 10.9 Å². The number of anilines is 1. The summed E-state index contributed by atoms with van der Waals surface area (Å²) in [6.07, 6.45) is 3.80. The summed E-state index contributed by atoms with van der Waals surface area (Å²) in [5.41, 5.74) is 2.49. The van der Waals surface area contributed by atoms with Gasteiger partial charge < -0.3 is 5.32 Å². The van der Waals surface area contributed by atoms with Crippen molar-refractivity contribution in [3.63, 3.8) is 0 Å². The highest BCUT2D eigenvalue weighted by molar-refractivity contribution is 9.11. The zero-order valence-electron chi connectivity index (χ0n) is 12.4. The maximum Gasteiger partial charge on any atom is 0.226 e. The number of halogens is 2. The van der Waals surface area contributed by atoms with Crippen molar-refractivity contribution in [3.8, 4) is 0 Å². The molecule has 1 amide bonds. The van der Waals surface area contributed by atoms with Crippen molar-refractivity contribution in [2.45, 2.75) is 19.9 Å². The van der Waals surface area contributed by atoms with Crippen LogP contribution >= 0.6 is 31.9 Å². The Balaban J connectivity index is 1.73. The summed E-state index contributed by atoms with van der Waals surface area (Å²) in [6, 6.07) is 7.60. The number of rotatable bonds is 4. The molecule has 0 spiro atoms. The van der Waals surface area contributed by atoms with E-state index in [9.17, 15) is 4.79 Å². The predicted molar refractivity (Wildman–Crippen MR) is 97.4 cm³/mol. The molecule has 0 saturated heterocycles. The largest absolute Gasteiger partial charge is 0.324 e. The molecule has 7 heteroatoms. The second-order valence-corrected chi connectivity index (χ2v) is 6.80. The van der Waals surface area contributed by atoms with E-state index in [0.29, 0.717) is 18.7 Å². The first kappa shape index (κ1) is 16.1. The van der Waals surface area contributed by atoms with Crippen molar-refractivity contribution in [2.75, 3.05) is 5.32 Å². The SMILES string of the molecule is Cc1c(Br)cnn1CCC(=O)Nc1ccc(Br)c2cccnc12. The molecule has 2 aromatic heterocycles. The van der Waals surface area contributed by atoms with Gasteiger partial charge in [-0.15, -0.1) is 0 Å². The normalized spacial score (nSPS) is 10.9. The number of nitrogens with one attached hydrogen (secondary N) is 1. The smallest absolute Gasteiger partial charge is 0.226 e. The number of carbonyl (C=O) groups is 1. The Hall–Kier alpha value is -1.73. The van der Waals surface area contributed by atoms with Crippen LogP contribution in [0, 0.1) is 6.92 Å². The molecular formula is C16H14Br2N4O. The van der Waals surface area contributed by atoms with Crippen LogP contribution in [0.2, 0.25) is 0 Å². The summed E-state index contributed by atoms with van der Waals surface area (Å²) < 4.78 is 3.71. The minimum Gasteiger partial charge on any atom is -0.324 e. The Labute approximate surface area is 150 Å². The molecule has 0 fully saturated rings. The number of amides is 1. The lowest BCUT2D eigenvalue weighted by molar-refractivity contribution is -0.116. The molecule has 3 rings (SSSR count). The van der Waals surface area contributed by atoms with Gasteiger partial charge in [0.25, 0.3) is 0 Å². The van der Waals surface area contributed by atoms with E-state index in [1.54, 1.807) is 12.4 Å². The summed E-state index contributed by atoms with van der Waals surface area (Å²) >= 11 is 6.91. The third-order valence-corrected chi connectivity index (χ3v) is 5.05. The standard InChI is InChI=1S/C16H14Br2N4O/c1-10-13(18)9-20-22(10)8-6-15(23)21-14-5-4-12(17)11-3-2-7-19-16(11)14/h2-5,7,9H,6,8H2,1H3,(H,21,23). The molecule has 5 nitrogen and oxygen atoms in total. The molecule has 0 aliphatic rings. The van der Waals surface area contributed by atoms with Crippen LogP contribution in [0.5, 0.6) is 0 Å². The van der Waals surface area contributed by atoms with E-state index in [4.69, 9.17) is 0 Å². The highest BCUT2D eigenvalue weighted by atomic mass is 79.9. The minimum absolute atomic E-state index is 0.0645. The Morgan fingerprint density at radius 3 is 2.83 bits per heavy atom. The van der Waals surface area contributed by atoms with E-state index < -0.39 is 0 Å². The molecule has 0 atom stereocenters. The van der Waals surface area contributed by atoms with Gasteiger partial charge in [-0.25, -0.2) is 0 Å². The maximum atomic E-state index is 12.2. The summed E-state index contributed by atoms with van der Waals surface area (Å²) in [7, 11) is 0. The molecule has 2 heterocycles. The molecule has 0 saturated carbocycles. The lowest BCUT2D eigenvalue weighted by atomic mass is 10.2. The highest BCUT2D eigenvalue weighted by Crippen LogP contribution is 2.28. The van der Waals surface area contributed by atoms with Crippen molar-refractivity contribution in [1.82, 2.24) is 14.8 Å². The molecule has 0 unspecified atom stereocenters. The third-order valence-electron chi connectivity index (χ3n) is 3.58. The molecule has 0 radical (unpaired) electrons. The monoisotopic (exact) mass is 436 g/mol. The van der Waals surface area contributed by atoms with Crippen LogP contribution in [0.1, 0.15) is 12.1 Å². The van der Waals surface area contributed by atoms with E-state index in [-0.39, 0.29) is 5.91 Å². The van der Waals surface area contributed by atoms with Gasteiger partial charge >= 0.3 is 0 Å². The zero-order valence-corrected chi connectivity index (χ0v) is 15.6. The second kappa shape index (κ2) is 6.80. The van der Waals surface area contributed by atoms with Crippen molar-refractivity contribution in [3.05, 3.63) is 51.3 Å². The van der Waals surface area contributed by atoms with E-state index in [1.165, 1.54) is 0 Å². The number of benzene rings is 1. The van der Waals surface area contributed by atoms with Gasteiger partial charge in [-0.2, -0.15) is 5.10 Å². The molecule has 0 aliphatic carbocycles. The first-order valence-electron chi connectivity index (χ1n) is 7.07. The van der Waals surface area contributed by atoms with Crippen molar-refractivity contribution < 1.29 is 4.79 Å². The van der Waals surface area contributed by atoms with Crippen molar-refractivity contribution in [1.29, 1.82) is 0 Å². The van der Waals surface area contributed by atoms with Gasteiger partial charge in [0.15, 0.2) is 0 Å². The van der Waals surface area contributed by atoms with Crippen LogP contribution in [0.4, 0.5) is 5.69 Å². The van der Waals surface area contributed by atoms with Gasteiger partial charge in [-0.3, -0.25) is 14.5 Å². The van der Waals surface area contributed by atoms with E-state index in [0.717, 1.165) is 25.5 Å². The van der Waals surface area contributed by atoms with Gasteiger partial charge in [0.05, 0.1) is 28.4 Å². The summed E-state index contributed by atoms with van der Waals surface area (Å²) in [6.45, 7) is 2.49. The number of nitrogens with zero attached hydrogens (tertiary/aromatic N) is 3. The quantitative estimate of drug-likeness (QED) is 0.662. The summed E-state index contributed by atoms with van der Waals surface area (Å²) in [5, 5.41) is 8.13. The highest BCUT2D eigenvalue weighted by Gasteiger charge is 2.10. The van der Waals surface area contributed by atoms with Gasteiger partial charge in [0, 0.05) is 28.2 Å². The number of hydrogen-bond acceptors (Lipinski definition) is 3. The lowest BCUT2D eigenvalue weighted by Crippen LogP contribution is -2.16. The van der Waals surface area contributed by atoms with Crippen LogP contribution < -0.4 is 5.32 Å². The van der Waals surface area contributed by atoms with Gasteiger partial charge in [0.1, 0.15) is 0 Å². The van der Waals surface area contributed by atoms with E-state index in [2.05, 4.69) is 47.3 Å². The average Bonchev–Trinajstić information content (AvgIpc) is 2.88. The molecule has 0 aliphatic heterocycles. The van der Waals surface area contributed by atoms with Crippen LogP contribution in [-0.4, -0.2) is 20.7 Å². The Bertz CT molecular complexity index is 876. The zero-order chi connectivity index (χ0) is 16.4. The summed E-state index contributed by atoms with van der Waals surface area (Å²) in [5.74, 6) is -0.0645.